The molecule has 18 aromatic carbocycles. The van der Waals surface area contributed by atoms with Crippen molar-refractivity contribution in [3.05, 3.63) is 344 Å². The molecule has 0 radical (unpaired) electrons. The molecule has 2 heterocycles. The van der Waals surface area contributed by atoms with Crippen LogP contribution in [0.4, 0.5) is 0 Å². The van der Waals surface area contributed by atoms with Crippen molar-refractivity contribution in [3.63, 3.8) is 0 Å². The fourth-order valence-corrected chi connectivity index (χ4v) is 15.4. The first-order valence-electron chi connectivity index (χ1n) is 33.1. The minimum atomic E-state index is -1.54. The molecule has 0 spiro atoms. The van der Waals surface area contributed by atoms with E-state index < -0.39 is 7.12 Å². The number of furan rings is 2. The van der Waals surface area contributed by atoms with Crippen molar-refractivity contribution < 1.29 is 18.9 Å². The van der Waals surface area contributed by atoms with Crippen molar-refractivity contribution in [2.24, 2.45) is 0 Å². The Morgan fingerprint density at radius 1 is 0.204 bits per heavy atom. The lowest BCUT2D eigenvalue weighted by Crippen LogP contribution is -2.31. The molecule has 98 heavy (non-hydrogen) atoms. The summed E-state index contributed by atoms with van der Waals surface area (Å²) in [6.07, 6.45) is 0. The Hall–Kier alpha value is -11.9. The third-order valence-corrected chi connectivity index (χ3v) is 20.1. The van der Waals surface area contributed by atoms with Gasteiger partial charge in [-0.2, -0.15) is 0 Å². The van der Waals surface area contributed by atoms with Gasteiger partial charge in [-0.3, -0.25) is 0 Å². The van der Waals surface area contributed by atoms with Gasteiger partial charge < -0.3 is 18.9 Å². The zero-order valence-corrected chi connectivity index (χ0v) is 54.6. The molecule has 0 unspecified atom stereocenters. The molecule has 0 bridgehead atoms. The Morgan fingerprint density at radius 3 is 0.918 bits per heavy atom. The van der Waals surface area contributed by atoms with Crippen molar-refractivity contribution in [2.75, 3.05) is 0 Å². The van der Waals surface area contributed by atoms with Crippen LogP contribution in [0.25, 0.3) is 186 Å². The molecule has 20 aromatic rings. The van der Waals surface area contributed by atoms with Crippen LogP contribution in [0, 0.1) is 0 Å². The van der Waals surface area contributed by atoms with Gasteiger partial charge in [0.25, 0.3) is 0 Å². The molecule has 20 rings (SSSR count). The number of hydrogen-bond donors (Lipinski definition) is 2. The van der Waals surface area contributed by atoms with E-state index in [0.29, 0.717) is 5.46 Å². The van der Waals surface area contributed by atoms with Gasteiger partial charge in [-0.25, -0.2) is 0 Å². The average Bonchev–Trinajstić information content (AvgIpc) is 0.870. The largest absolute Gasteiger partial charge is 0.489 e. The molecular formula is C92H58BBrO4. The molecule has 6 heteroatoms. The molecule has 0 saturated heterocycles. The first-order chi connectivity index (χ1) is 48.3. The van der Waals surface area contributed by atoms with E-state index in [4.69, 9.17) is 8.83 Å². The number of fused-ring (bicyclic) bond motifs is 14. The predicted molar refractivity (Wildman–Crippen MR) is 419 cm³/mol. The minimum absolute atomic E-state index is 0.552. The quantitative estimate of drug-likeness (QED) is 0.129. The van der Waals surface area contributed by atoms with Crippen molar-refractivity contribution in [1.29, 1.82) is 0 Å². The highest BCUT2D eigenvalue weighted by Gasteiger charge is 2.24. The number of benzene rings is 18. The van der Waals surface area contributed by atoms with Crippen molar-refractivity contribution in [1.82, 2.24) is 0 Å². The molecule has 0 aliphatic carbocycles. The van der Waals surface area contributed by atoms with Crippen molar-refractivity contribution in [2.45, 2.75) is 0 Å². The topological polar surface area (TPSA) is 66.7 Å². The Labute approximate surface area is 573 Å². The van der Waals surface area contributed by atoms with E-state index in [1.54, 1.807) is 0 Å². The summed E-state index contributed by atoms with van der Waals surface area (Å²) in [5.74, 6) is 0. The lowest BCUT2D eigenvalue weighted by atomic mass is 9.72. The van der Waals surface area contributed by atoms with Gasteiger partial charge in [-0.15, -0.1) is 0 Å². The van der Waals surface area contributed by atoms with E-state index in [1.165, 1.54) is 109 Å². The van der Waals surface area contributed by atoms with Crippen LogP contribution < -0.4 is 5.46 Å². The summed E-state index contributed by atoms with van der Waals surface area (Å²) < 4.78 is 13.3. The summed E-state index contributed by atoms with van der Waals surface area (Å²) in [5, 5.41) is 43.6. The van der Waals surface area contributed by atoms with E-state index in [0.717, 1.165) is 81.2 Å². The summed E-state index contributed by atoms with van der Waals surface area (Å²) in [5.41, 5.74) is 16.2. The van der Waals surface area contributed by atoms with Crippen LogP contribution in [0.5, 0.6) is 0 Å². The summed E-state index contributed by atoms with van der Waals surface area (Å²) in [6.45, 7) is 0. The summed E-state index contributed by atoms with van der Waals surface area (Å²) in [7, 11) is -1.54. The van der Waals surface area contributed by atoms with Crippen LogP contribution >= 0.6 is 15.9 Å². The van der Waals surface area contributed by atoms with Gasteiger partial charge in [0.05, 0.1) is 0 Å². The SMILES string of the molecule is Brc1ccc2oc3cc4ccccc4cc3c2c1.OB(O)c1c2ccccc2c(-c2cccc(-c3ccc4ccccc4c3)c2)c2ccccc12.c1cc(-c2ccc3ccccc3c2)cc(-c2c3ccccc3c(-c3ccc4oc5cc6ccccc6cc5c4c3)c3ccccc23)c1. The molecular weight excluding hydrogens is 1260 g/mol. The Morgan fingerprint density at radius 2 is 0.500 bits per heavy atom. The van der Waals surface area contributed by atoms with Crippen LogP contribution in [0.15, 0.2) is 353 Å². The highest BCUT2D eigenvalue weighted by molar-refractivity contribution is 9.10. The second-order valence-corrected chi connectivity index (χ2v) is 26.2. The fourth-order valence-electron chi connectivity index (χ4n) is 15.0. The molecule has 4 nitrogen and oxygen atoms in total. The lowest BCUT2D eigenvalue weighted by molar-refractivity contribution is 0.426. The fraction of sp³-hybridized carbons (Fsp3) is 0. The highest BCUT2D eigenvalue weighted by atomic mass is 79.9. The maximum Gasteiger partial charge on any atom is 0.489 e. The molecule has 0 saturated carbocycles. The Balaban J connectivity index is 0.000000118. The van der Waals surface area contributed by atoms with Gasteiger partial charge in [0.2, 0.25) is 0 Å². The van der Waals surface area contributed by atoms with Crippen LogP contribution in [-0.2, 0) is 0 Å². The van der Waals surface area contributed by atoms with Crippen LogP contribution in [0.2, 0.25) is 0 Å². The maximum absolute atomic E-state index is 10.2. The summed E-state index contributed by atoms with van der Waals surface area (Å²) in [6, 6.07) is 120. The minimum Gasteiger partial charge on any atom is -0.456 e. The van der Waals surface area contributed by atoms with E-state index in [1.807, 2.05) is 54.6 Å². The molecule has 2 N–H and O–H groups in total. The Kier molecular flexibility index (Phi) is 14.6. The van der Waals surface area contributed by atoms with E-state index in [-0.39, 0.29) is 0 Å². The molecule has 0 amide bonds. The lowest BCUT2D eigenvalue weighted by Gasteiger charge is -2.18. The number of rotatable bonds is 6. The molecule has 0 atom stereocenters. The molecule has 2 aromatic heterocycles. The van der Waals surface area contributed by atoms with Crippen LogP contribution in [0.3, 0.4) is 0 Å². The number of halogens is 1. The summed E-state index contributed by atoms with van der Waals surface area (Å²) >= 11 is 3.51. The average molecular weight is 1320 g/mol. The molecule has 460 valence electrons. The van der Waals surface area contributed by atoms with Gasteiger partial charge in [-0.05, 0) is 226 Å². The predicted octanol–water partition coefficient (Wildman–Crippen LogP) is 24.9. The summed E-state index contributed by atoms with van der Waals surface area (Å²) in [4.78, 5) is 0. The maximum atomic E-state index is 10.2. The normalized spacial score (nSPS) is 11.6. The first kappa shape index (κ1) is 58.7. The van der Waals surface area contributed by atoms with Crippen LogP contribution in [-0.4, -0.2) is 17.2 Å². The smallest absolute Gasteiger partial charge is 0.456 e. The van der Waals surface area contributed by atoms with E-state index >= 15 is 0 Å². The number of hydrogen-bond acceptors (Lipinski definition) is 4. The van der Waals surface area contributed by atoms with Gasteiger partial charge >= 0.3 is 7.12 Å². The molecule has 0 fully saturated rings. The molecule has 0 aliphatic heterocycles. The third-order valence-electron chi connectivity index (χ3n) is 19.6. The second kappa shape index (κ2) is 24.4. The second-order valence-electron chi connectivity index (χ2n) is 25.3. The van der Waals surface area contributed by atoms with Crippen molar-refractivity contribution >= 4 is 159 Å². The van der Waals surface area contributed by atoms with E-state index in [2.05, 4.69) is 301 Å². The van der Waals surface area contributed by atoms with E-state index in [9.17, 15) is 10.0 Å². The Bertz CT molecular complexity index is 6470. The van der Waals surface area contributed by atoms with Crippen molar-refractivity contribution in [3.8, 4) is 55.6 Å². The monoisotopic (exact) mass is 1320 g/mol. The standard InChI is InChI=1S/C46H28O.C30H21BO2.C16H9BrO/c1-2-11-30-24-34(21-20-29(30)10-1)31-14-9-15-35(25-31)45-37-16-5-7-18-39(37)46(40-19-8-6-17-38(40)45)36-22-23-43-41(27-36)42-26-32-12-3-4-13-33(32)28-44(42)47-43;32-31(33)30-27-14-5-3-12-25(27)29(26-13-4-6-15-28(26)30)24-11-7-10-22(19-24)23-17-16-20-8-1-2-9-21(20)18-23;17-12-5-6-15-14(9-12)13-7-10-3-1-2-4-11(10)8-16(13)18-15/h1-28H;1-19,32-33H;1-9H. The van der Waals surface area contributed by atoms with Gasteiger partial charge in [-0.1, -0.05) is 277 Å². The van der Waals surface area contributed by atoms with Gasteiger partial charge in [0, 0.05) is 26.0 Å². The molecule has 0 aliphatic rings. The van der Waals surface area contributed by atoms with Gasteiger partial charge in [0.1, 0.15) is 22.3 Å². The van der Waals surface area contributed by atoms with Crippen LogP contribution in [0.1, 0.15) is 0 Å². The third kappa shape index (κ3) is 10.4. The first-order valence-corrected chi connectivity index (χ1v) is 33.9. The van der Waals surface area contributed by atoms with Gasteiger partial charge in [0.15, 0.2) is 0 Å². The zero-order chi connectivity index (χ0) is 65.4. The highest BCUT2D eigenvalue weighted by Crippen LogP contribution is 2.47. The zero-order valence-electron chi connectivity index (χ0n) is 53.0.